The molecule has 0 aliphatic rings. The van der Waals surface area contributed by atoms with E-state index in [-0.39, 0.29) is 5.82 Å². The molecule has 0 unspecified atom stereocenters. The van der Waals surface area contributed by atoms with Crippen LogP contribution in [-0.2, 0) is 13.1 Å². The highest BCUT2D eigenvalue weighted by Crippen LogP contribution is 2.20. The number of halogens is 1. The quantitative estimate of drug-likeness (QED) is 0.753. The van der Waals surface area contributed by atoms with Gasteiger partial charge >= 0.3 is 0 Å². The number of benzene rings is 2. The molecular formula is C19H21FN4. The molecule has 0 radical (unpaired) electrons. The third-order valence-electron chi connectivity index (χ3n) is 3.72. The molecule has 5 heteroatoms. The Hall–Kier alpha value is -2.53. The van der Waals surface area contributed by atoms with Crippen LogP contribution in [0.1, 0.15) is 25.1 Å². The third-order valence-corrected chi connectivity index (χ3v) is 3.72. The molecule has 4 nitrogen and oxygen atoms in total. The van der Waals surface area contributed by atoms with E-state index in [2.05, 4.69) is 29.4 Å². The summed E-state index contributed by atoms with van der Waals surface area (Å²) in [6, 6.07) is 17.0. The van der Waals surface area contributed by atoms with Crippen molar-refractivity contribution in [2.75, 3.05) is 0 Å². The molecule has 1 N–H and O–H groups in total. The van der Waals surface area contributed by atoms with E-state index < -0.39 is 0 Å². The molecule has 0 bridgehead atoms. The summed E-state index contributed by atoms with van der Waals surface area (Å²) in [5.74, 6) is -0.238. The van der Waals surface area contributed by atoms with Gasteiger partial charge in [0.2, 0.25) is 0 Å². The molecule has 3 aromatic rings. The largest absolute Gasteiger partial charge is 0.309 e. The van der Waals surface area contributed by atoms with E-state index in [0.29, 0.717) is 24.7 Å². The van der Waals surface area contributed by atoms with Crippen LogP contribution in [0, 0.1) is 5.82 Å². The molecule has 0 amide bonds. The van der Waals surface area contributed by atoms with Gasteiger partial charge in [0.1, 0.15) is 17.2 Å². The van der Waals surface area contributed by atoms with Gasteiger partial charge in [0.05, 0.1) is 6.54 Å². The van der Waals surface area contributed by atoms with E-state index in [1.54, 1.807) is 16.9 Å². The Morgan fingerprint density at radius 1 is 1.00 bits per heavy atom. The molecule has 3 rings (SSSR count). The zero-order chi connectivity index (χ0) is 16.9. The van der Waals surface area contributed by atoms with Crippen molar-refractivity contribution >= 4 is 0 Å². The monoisotopic (exact) mass is 324 g/mol. The van der Waals surface area contributed by atoms with Crippen LogP contribution in [0.25, 0.3) is 11.3 Å². The molecular weight excluding hydrogens is 303 g/mol. The van der Waals surface area contributed by atoms with Crippen molar-refractivity contribution < 1.29 is 4.39 Å². The molecule has 0 atom stereocenters. The predicted molar refractivity (Wildman–Crippen MR) is 92.9 cm³/mol. The van der Waals surface area contributed by atoms with Crippen LogP contribution in [0.4, 0.5) is 4.39 Å². The van der Waals surface area contributed by atoms with Gasteiger partial charge in [-0.3, -0.25) is 0 Å². The summed E-state index contributed by atoms with van der Waals surface area (Å²) >= 11 is 0. The van der Waals surface area contributed by atoms with Gasteiger partial charge in [-0.25, -0.2) is 4.39 Å². The van der Waals surface area contributed by atoms with Gasteiger partial charge in [-0.2, -0.15) is 15.0 Å². The second-order valence-corrected chi connectivity index (χ2v) is 6.02. The van der Waals surface area contributed by atoms with E-state index >= 15 is 0 Å². The zero-order valence-electron chi connectivity index (χ0n) is 13.9. The van der Waals surface area contributed by atoms with Crippen molar-refractivity contribution in [1.82, 2.24) is 20.3 Å². The van der Waals surface area contributed by atoms with Crippen LogP contribution in [0.15, 0.2) is 54.6 Å². The second kappa shape index (κ2) is 7.36. The van der Waals surface area contributed by atoms with Gasteiger partial charge in [0, 0.05) is 23.7 Å². The van der Waals surface area contributed by atoms with Crippen molar-refractivity contribution in [1.29, 1.82) is 0 Å². The van der Waals surface area contributed by atoms with Crippen LogP contribution in [0.2, 0.25) is 0 Å². The summed E-state index contributed by atoms with van der Waals surface area (Å²) in [5, 5.41) is 12.5. The second-order valence-electron chi connectivity index (χ2n) is 6.02. The van der Waals surface area contributed by atoms with Crippen LogP contribution < -0.4 is 5.32 Å². The molecule has 0 aliphatic heterocycles. The van der Waals surface area contributed by atoms with E-state index in [4.69, 9.17) is 0 Å². The molecule has 1 aromatic heterocycles. The Morgan fingerprint density at radius 2 is 1.71 bits per heavy atom. The molecule has 124 valence electrons. The Labute approximate surface area is 141 Å². The van der Waals surface area contributed by atoms with E-state index in [0.717, 1.165) is 17.0 Å². The minimum atomic E-state index is -0.238. The lowest BCUT2D eigenvalue weighted by Crippen LogP contribution is -2.22. The highest BCUT2D eigenvalue weighted by molar-refractivity contribution is 5.60. The van der Waals surface area contributed by atoms with Crippen molar-refractivity contribution in [2.24, 2.45) is 0 Å². The molecule has 1 heterocycles. The summed E-state index contributed by atoms with van der Waals surface area (Å²) in [5.41, 5.74) is 3.29. The van der Waals surface area contributed by atoms with Crippen molar-refractivity contribution in [3.63, 3.8) is 0 Å². The Morgan fingerprint density at radius 3 is 2.42 bits per heavy atom. The van der Waals surface area contributed by atoms with Crippen molar-refractivity contribution in [2.45, 2.75) is 33.0 Å². The molecule has 0 saturated carbocycles. The first kappa shape index (κ1) is 16.3. The molecule has 2 aromatic carbocycles. The summed E-state index contributed by atoms with van der Waals surface area (Å²) in [6.45, 7) is 5.12. The fraction of sp³-hybridized carbons (Fsp3) is 0.263. The fourth-order valence-corrected chi connectivity index (χ4v) is 2.47. The lowest BCUT2D eigenvalue weighted by molar-refractivity contribution is 0.535. The normalized spacial score (nSPS) is 11.2. The van der Waals surface area contributed by atoms with Crippen molar-refractivity contribution in [3.05, 3.63) is 71.7 Å². The summed E-state index contributed by atoms with van der Waals surface area (Å²) in [7, 11) is 0. The van der Waals surface area contributed by atoms with Crippen LogP contribution in [-0.4, -0.2) is 21.0 Å². The maximum Gasteiger partial charge on any atom is 0.128 e. The molecule has 0 aliphatic carbocycles. The highest BCUT2D eigenvalue weighted by atomic mass is 19.1. The number of hydrogen-bond acceptors (Lipinski definition) is 3. The number of hydrogen-bond donors (Lipinski definition) is 1. The topological polar surface area (TPSA) is 42.7 Å². The van der Waals surface area contributed by atoms with E-state index in [1.807, 2.05) is 36.4 Å². The smallest absolute Gasteiger partial charge is 0.128 e. The lowest BCUT2D eigenvalue weighted by Gasteiger charge is -2.06. The zero-order valence-corrected chi connectivity index (χ0v) is 13.9. The molecule has 0 saturated heterocycles. The van der Waals surface area contributed by atoms with E-state index in [9.17, 15) is 4.39 Å². The van der Waals surface area contributed by atoms with Crippen molar-refractivity contribution in [3.8, 4) is 11.3 Å². The summed E-state index contributed by atoms with van der Waals surface area (Å²) in [4.78, 5) is 1.57. The Bertz CT molecular complexity index is 796. The van der Waals surface area contributed by atoms with Gasteiger partial charge in [0.25, 0.3) is 0 Å². The first-order valence-electron chi connectivity index (χ1n) is 8.09. The van der Waals surface area contributed by atoms with Crippen LogP contribution >= 0.6 is 0 Å². The summed E-state index contributed by atoms with van der Waals surface area (Å²) in [6.07, 6.45) is 0. The number of nitrogens with zero attached hydrogens (tertiary/aromatic N) is 3. The first-order valence-corrected chi connectivity index (χ1v) is 8.09. The maximum absolute atomic E-state index is 13.9. The average Bonchev–Trinajstić information content (AvgIpc) is 2.99. The predicted octanol–water partition coefficient (Wildman–Crippen LogP) is 3.63. The molecule has 0 spiro atoms. The minimum absolute atomic E-state index is 0.238. The highest BCUT2D eigenvalue weighted by Gasteiger charge is 2.14. The van der Waals surface area contributed by atoms with Gasteiger partial charge in [-0.1, -0.05) is 62.4 Å². The SMILES string of the molecule is CC(C)NCc1nn(Cc2ccccc2F)nc1-c1ccccc1. The molecule has 0 fully saturated rings. The Kier molecular flexibility index (Phi) is 5.01. The summed E-state index contributed by atoms with van der Waals surface area (Å²) < 4.78 is 13.9. The standard InChI is InChI=1S/C19H21FN4/c1-14(2)21-12-18-19(15-8-4-3-5-9-15)23-24(22-18)13-16-10-6-7-11-17(16)20/h3-11,14,21H,12-13H2,1-2H3. The fourth-order valence-electron chi connectivity index (χ4n) is 2.47. The average molecular weight is 324 g/mol. The van der Waals surface area contributed by atoms with Crippen LogP contribution in [0.5, 0.6) is 0 Å². The van der Waals surface area contributed by atoms with Crippen LogP contribution in [0.3, 0.4) is 0 Å². The lowest BCUT2D eigenvalue weighted by atomic mass is 10.1. The molecule has 24 heavy (non-hydrogen) atoms. The van der Waals surface area contributed by atoms with E-state index in [1.165, 1.54) is 6.07 Å². The maximum atomic E-state index is 13.9. The number of aromatic nitrogens is 3. The third kappa shape index (κ3) is 3.86. The first-order chi connectivity index (χ1) is 11.6. The number of nitrogens with one attached hydrogen (secondary N) is 1. The van der Waals surface area contributed by atoms with Gasteiger partial charge in [0.15, 0.2) is 0 Å². The van der Waals surface area contributed by atoms with Gasteiger partial charge in [-0.05, 0) is 6.07 Å². The Balaban J connectivity index is 1.92. The number of rotatable bonds is 6. The minimum Gasteiger partial charge on any atom is -0.309 e. The van der Waals surface area contributed by atoms with Gasteiger partial charge in [-0.15, -0.1) is 0 Å². The van der Waals surface area contributed by atoms with Gasteiger partial charge < -0.3 is 5.32 Å².